The van der Waals surface area contributed by atoms with Crippen molar-refractivity contribution in [2.75, 3.05) is 6.61 Å². The molecule has 222 valence electrons. The topological polar surface area (TPSA) is 134 Å². The van der Waals surface area contributed by atoms with E-state index in [1.165, 1.54) is 25.3 Å². The Morgan fingerprint density at radius 2 is 1.82 bits per heavy atom. The highest BCUT2D eigenvalue weighted by Gasteiger charge is 2.59. The van der Waals surface area contributed by atoms with Gasteiger partial charge in [0.1, 0.15) is 17.9 Å². The van der Waals surface area contributed by atoms with E-state index in [1.807, 2.05) is 6.92 Å². The van der Waals surface area contributed by atoms with Crippen LogP contribution in [0.4, 0.5) is 0 Å². The molecular weight excluding hydrogens is 510 g/mol. The molecule has 3 saturated carbocycles. The average Bonchev–Trinajstić information content (AvgIpc) is 3.26. The second-order valence-corrected chi connectivity index (χ2v) is 13.1. The molecule has 9 heteroatoms. The summed E-state index contributed by atoms with van der Waals surface area (Å²) < 4.78 is 0. The van der Waals surface area contributed by atoms with Crippen molar-refractivity contribution < 1.29 is 29.1 Å². The summed E-state index contributed by atoms with van der Waals surface area (Å²) in [6, 6.07) is -1.87. The molecule has 0 bridgehead atoms. The summed E-state index contributed by atoms with van der Waals surface area (Å²) >= 11 is 0. The van der Waals surface area contributed by atoms with Crippen molar-refractivity contribution in [1.82, 2.24) is 10.6 Å². The smallest absolute Gasteiger partial charge is 0.326 e. The lowest BCUT2D eigenvalue weighted by Gasteiger charge is -2.58. The van der Waals surface area contributed by atoms with Crippen LogP contribution in [-0.4, -0.2) is 53.1 Å². The minimum Gasteiger partial charge on any atom is -0.480 e. The molecule has 0 aromatic heterocycles. The number of carboxylic acids is 1. The first-order valence-electron chi connectivity index (χ1n) is 15.1. The summed E-state index contributed by atoms with van der Waals surface area (Å²) in [5.74, 6) is 0.407. The number of fused-ring (bicyclic) bond motifs is 5. The van der Waals surface area contributed by atoms with Crippen LogP contribution >= 0.6 is 0 Å². The van der Waals surface area contributed by atoms with E-state index in [9.17, 15) is 24.3 Å². The van der Waals surface area contributed by atoms with Crippen LogP contribution in [0, 0.1) is 34.5 Å². The van der Waals surface area contributed by atoms with Gasteiger partial charge in [0.2, 0.25) is 5.91 Å². The first-order valence-corrected chi connectivity index (χ1v) is 15.1. The highest BCUT2D eigenvalue weighted by molar-refractivity contribution is 5.96. The van der Waals surface area contributed by atoms with Crippen LogP contribution in [0.15, 0.2) is 16.8 Å². The fraction of sp³-hybridized carbons (Fsp3) is 0.774. The zero-order chi connectivity index (χ0) is 29.2. The quantitative estimate of drug-likeness (QED) is 0.341. The Bertz CT molecular complexity index is 1080. The van der Waals surface area contributed by atoms with Crippen LogP contribution in [0.5, 0.6) is 0 Å². The summed E-state index contributed by atoms with van der Waals surface area (Å²) in [6.45, 7) is 9.61. The van der Waals surface area contributed by atoms with E-state index < -0.39 is 29.9 Å². The molecule has 0 aromatic carbocycles. The first kappa shape index (κ1) is 30.3. The minimum absolute atomic E-state index is 0.142. The van der Waals surface area contributed by atoms with E-state index in [4.69, 9.17) is 4.84 Å². The van der Waals surface area contributed by atoms with Gasteiger partial charge in [-0.3, -0.25) is 14.4 Å². The van der Waals surface area contributed by atoms with Gasteiger partial charge in [-0.2, -0.15) is 0 Å². The van der Waals surface area contributed by atoms with Crippen molar-refractivity contribution in [3.8, 4) is 0 Å². The number of carbonyl (C=O) groups is 4. The van der Waals surface area contributed by atoms with Crippen LogP contribution < -0.4 is 10.6 Å². The molecule has 0 heterocycles. The van der Waals surface area contributed by atoms with Crippen LogP contribution in [0.3, 0.4) is 0 Å². The standard InChI is InChI=1S/C31H47N3O6/c1-6-7-26(29(38)39)33-28(37)18(2)32-27(36)17-40-34-21-12-14-30(4)20(16-21)8-9-22-24-11-10-23(19(3)35)31(24,5)15-13-25(22)30/h16,18,22-26H,6-15,17H2,1-5H3,(H,32,36)(H,33,37)(H,38,39)/b34-21+/t18-,22+,23-,24+,25+,26-,30+,31-/m1/s1. The average molecular weight is 558 g/mol. The van der Waals surface area contributed by atoms with E-state index in [0.29, 0.717) is 36.4 Å². The summed E-state index contributed by atoms with van der Waals surface area (Å²) in [5.41, 5.74) is 2.57. The van der Waals surface area contributed by atoms with E-state index >= 15 is 0 Å². The number of hydrogen-bond acceptors (Lipinski definition) is 6. The van der Waals surface area contributed by atoms with Gasteiger partial charge in [0.15, 0.2) is 6.61 Å². The van der Waals surface area contributed by atoms with Crippen molar-refractivity contribution in [2.45, 2.75) is 111 Å². The van der Waals surface area contributed by atoms with Gasteiger partial charge in [0.05, 0.1) is 5.71 Å². The van der Waals surface area contributed by atoms with Gasteiger partial charge in [-0.25, -0.2) is 4.79 Å². The Morgan fingerprint density at radius 1 is 1.07 bits per heavy atom. The highest BCUT2D eigenvalue weighted by Crippen LogP contribution is 2.66. The molecule has 4 aliphatic rings. The summed E-state index contributed by atoms with van der Waals surface area (Å²) in [7, 11) is 0. The molecule has 0 aliphatic heterocycles. The number of nitrogens with one attached hydrogen (secondary N) is 2. The number of nitrogens with zero attached hydrogens (tertiary/aromatic N) is 1. The number of ketones is 1. The van der Waals surface area contributed by atoms with Crippen molar-refractivity contribution in [3.05, 3.63) is 11.6 Å². The van der Waals surface area contributed by atoms with Gasteiger partial charge in [-0.15, -0.1) is 0 Å². The maximum absolute atomic E-state index is 12.4. The predicted molar refractivity (Wildman–Crippen MR) is 151 cm³/mol. The third-order valence-corrected chi connectivity index (χ3v) is 10.8. The lowest BCUT2D eigenvalue weighted by Crippen LogP contribution is -2.51. The van der Waals surface area contributed by atoms with E-state index in [2.05, 4.69) is 35.7 Å². The fourth-order valence-electron chi connectivity index (χ4n) is 8.68. The number of Topliss-reactive ketones (excluding diaryl/α,β-unsaturated/α-hetero) is 1. The largest absolute Gasteiger partial charge is 0.480 e. The summed E-state index contributed by atoms with van der Waals surface area (Å²) in [5, 5.41) is 18.5. The Hall–Kier alpha value is -2.71. The molecule has 8 atom stereocenters. The number of carbonyl (C=O) groups excluding carboxylic acids is 3. The molecule has 2 amide bonds. The lowest BCUT2D eigenvalue weighted by molar-refractivity contribution is -0.142. The molecule has 0 unspecified atom stereocenters. The molecular formula is C31H47N3O6. The number of allylic oxidation sites excluding steroid dienone is 2. The van der Waals surface area contributed by atoms with Crippen LogP contribution in [0.2, 0.25) is 0 Å². The number of hydrogen-bond donors (Lipinski definition) is 3. The normalized spacial score (nSPS) is 35.3. The van der Waals surface area contributed by atoms with Crippen LogP contribution in [0.1, 0.15) is 98.8 Å². The van der Waals surface area contributed by atoms with Gasteiger partial charge in [-0.05, 0) is 106 Å². The maximum Gasteiger partial charge on any atom is 0.326 e. The number of carboxylic acid groups (broad SMARTS) is 1. The predicted octanol–water partition coefficient (Wildman–Crippen LogP) is 4.40. The SMILES string of the molecule is CCC[C@@H](NC(=O)[C@@H](C)NC(=O)CO/N=C1/C=C2CC[C@H]3[C@@H]4CC[C@H](C(C)=O)[C@@]4(C)CC[C@@H]3[C@@]2(C)CC1)C(=O)O. The van der Waals surface area contributed by atoms with Gasteiger partial charge < -0.3 is 20.6 Å². The summed E-state index contributed by atoms with van der Waals surface area (Å²) in [6.07, 6.45) is 11.6. The Labute approximate surface area is 237 Å². The van der Waals surface area contributed by atoms with Crippen molar-refractivity contribution in [1.29, 1.82) is 0 Å². The van der Waals surface area contributed by atoms with Crippen molar-refractivity contribution >= 4 is 29.3 Å². The molecule has 3 fully saturated rings. The van der Waals surface area contributed by atoms with Crippen molar-refractivity contribution in [3.63, 3.8) is 0 Å². The van der Waals surface area contributed by atoms with Gasteiger partial charge in [0, 0.05) is 5.92 Å². The van der Waals surface area contributed by atoms with Gasteiger partial charge in [-0.1, -0.05) is 37.9 Å². The van der Waals surface area contributed by atoms with Crippen molar-refractivity contribution in [2.24, 2.45) is 39.7 Å². The monoisotopic (exact) mass is 557 g/mol. The molecule has 40 heavy (non-hydrogen) atoms. The first-order chi connectivity index (χ1) is 18.9. The third kappa shape index (κ3) is 5.84. The van der Waals surface area contributed by atoms with Crippen LogP contribution in [-0.2, 0) is 24.0 Å². The molecule has 4 rings (SSSR count). The van der Waals surface area contributed by atoms with E-state index in [1.54, 1.807) is 6.92 Å². The number of rotatable bonds is 10. The molecule has 0 saturated heterocycles. The second-order valence-electron chi connectivity index (χ2n) is 13.1. The zero-order valence-corrected chi connectivity index (χ0v) is 24.8. The Kier molecular flexibility index (Phi) is 9.10. The molecule has 9 nitrogen and oxygen atoms in total. The maximum atomic E-state index is 12.4. The number of amides is 2. The molecule has 0 spiro atoms. The Morgan fingerprint density at radius 3 is 2.50 bits per heavy atom. The van der Waals surface area contributed by atoms with Gasteiger partial charge >= 0.3 is 5.97 Å². The van der Waals surface area contributed by atoms with Gasteiger partial charge in [0.25, 0.3) is 5.91 Å². The van der Waals surface area contributed by atoms with E-state index in [-0.39, 0.29) is 23.4 Å². The lowest BCUT2D eigenvalue weighted by atomic mass is 9.46. The Balaban J connectivity index is 1.31. The number of aliphatic carboxylic acids is 1. The number of oxime groups is 1. The molecule has 4 aliphatic carbocycles. The molecule has 3 N–H and O–H groups in total. The minimum atomic E-state index is -1.10. The highest BCUT2D eigenvalue weighted by atomic mass is 16.6. The summed E-state index contributed by atoms with van der Waals surface area (Å²) in [4.78, 5) is 53.7. The fourth-order valence-corrected chi connectivity index (χ4v) is 8.68. The zero-order valence-electron chi connectivity index (χ0n) is 24.8. The molecule has 0 radical (unpaired) electrons. The second kappa shape index (κ2) is 12.0. The molecule has 0 aromatic rings. The van der Waals surface area contributed by atoms with E-state index in [0.717, 1.165) is 44.2 Å². The van der Waals surface area contributed by atoms with Crippen LogP contribution in [0.25, 0.3) is 0 Å². The third-order valence-electron chi connectivity index (χ3n) is 10.8.